The molecule has 2 aliphatic rings. The number of para-hydroxylation sites is 1. The first kappa shape index (κ1) is 35.5. The molecule has 0 unspecified atom stereocenters. The largest absolute Gasteiger partial charge is 0.417 e. The van der Waals surface area contributed by atoms with Crippen LogP contribution in [0.3, 0.4) is 0 Å². The summed E-state index contributed by atoms with van der Waals surface area (Å²) in [5.41, 5.74) is 1.63. The van der Waals surface area contributed by atoms with E-state index in [1.54, 1.807) is 25.0 Å². The van der Waals surface area contributed by atoms with Gasteiger partial charge in [0.2, 0.25) is 17.7 Å². The standard InChI is InChI=1S/C34H49N5O6S/c1-5-22(2)31-30(41)21-38-17-11-10-16-29(38)34(44)35-26(14-7-6-12-18-46-23(3)40)32(42)36-27(33(43)37-31)19-24-20-39(45-4)28-15-9-8-13-25(24)28/h8-9,13,15,20,22,26-27,29,31H,5-7,10-12,14,16-19,21H2,1-4H3,(H,35,44)(H,36,42)(H,37,43)/t22-,26-,27-,29+,31-/m0/s1. The lowest BCUT2D eigenvalue weighted by atomic mass is 9.93. The zero-order chi connectivity index (χ0) is 33.2. The minimum atomic E-state index is -1.00. The Kier molecular flexibility index (Phi) is 13.1. The number of ketones is 1. The molecule has 0 aliphatic carbocycles. The molecule has 2 saturated heterocycles. The molecule has 2 aliphatic heterocycles. The Hall–Kier alpha value is -3.38. The van der Waals surface area contributed by atoms with E-state index >= 15 is 0 Å². The molecular weight excluding hydrogens is 606 g/mol. The number of carbonyl (C=O) groups excluding carboxylic acids is 5. The summed E-state index contributed by atoms with van der Waals surface area (Å²) in [5.74, 6) is -0.713. The molecule has 2 fully saturated rings. The van der Waals surface area contributed by atoms with Gasteiger partial charge in [-0.3, -0.25) is 28.9 Å². The van der Waals surface area contributed by atoms with Crippen LogP contribution >= 0.6 is 11.8 Å². The molecule has 1 aromatic carbocycles. The van der Waals surface area contributed by atoms with Crippen LogP contribution in [0.2, 0.25) is 0 Å². The summed E-state index contributed by atoms with van der Waals surface area (Å²) in [5, 5.41) is 9.92. The molecule has 3 N–H and O–H groups in total. The summed E-state index contributed by atoms with van der Waals surface area (Å²) in [6, 6.07) is 4.52. The van der Waals surface area contributed by atoms with Gasteiger partial charge in [0.05, 0.1) is 24.1 Å². The van der Waals surface area contributed by atoms with E-state index in [9.17, 15) is 24.0 Å². The molecule has 0 radical (unpaired) electrons. The zero-order valence-electron chi connectivity index (χ0n) is 27.5. The number of hydrogen-bond donors (Lipinski definition) is 3. The number of rotatable bonds is 11. The van der Waals surface area contributed by atoms with Gasteiger partial charge in [-0.05, 0) is 49.8 Å². The topological polar surface area (TPSA) is 139 Å². The molecule has 0 spiro atoms. The van der Waals surface area contributed by atoms with Gasteiger partial charge in [0.25, 0.3) is 0 Å². The number of aromatic nitrogens is 1. The maximum Gasteiger partial charge on any atom is 0.243 e. The Morgan fingerprint density at radius 1 is 1.00 bits per heavy atom. The van der Waals surface area contributed by atoms with Crippen molar-refractivity contribution < 1.29 is 28.8 Å². The molecule has 3 amide bonds. The van der Waals surface area contributed by atoms with Crippen LogP contribution in [-0.4, -0.2) is 88.4 Å². The van der Waals surface area contributed by atoms with Crippen molar-refractivity contribution in [2.75, 3.05) is 26.0 Å². The molecule has 2 aromatic rings. The molecule has 46 heavy (non-hydrogen) atoms. The summed E-state index contributed by atoms with van der Waals surface area (Å²) < 4.78 is 1.62. The molecule has 11 nitrogen and oxygen atoms in total. The van der Waals surface area contributed by atoms with E-state index in [0.29, 0.717) is 38.0 Å². The lowest BCUT2D eigenvalue weighted by molar-refractivity contribution is -0.134. The van der Waals surface area contributed by atoms with E-state index in [-0.39, 0.29) is 35.7 Å². The third-order valence-corrected chi connectivity index (χ3v) is 10.1. The summed E-state index contributed by atoms with van der Waals surface area (Å²) in [4.78, 5) is 74.3. The summed E-state index contributed by atoms with van der Waals surface area (Å²) >= 11 is 1.28. The van der Waals surface area contributed by atoms with Gasteiger partial charge in [-0.1, -0.05) is 69.5 Å². The average molecular weight is 656 g/mol. The van der Waals surface area contributed by atoms with Gasteiger partial charge >= 0.3 is 0 Å². The number of benzene rings is 1. The highest BCUT2D eigenvalue weighted by Crippen LogP contribution is 2.23. The van der Waals surface area contributed by atoms with Crippen LogP contribution in [0.1, 0.15) is 77.7 Å². The normalized spacial score (nSPS) is 24.1. The van der Waals surface area contributed by atoms with E-state index in [0.717, 1.165) is 42.1 Å². The summed E-state index contributed by atoms with van der Waals surface area (Å²) in [7, 11) is 1.56. The number of Topliss-reactive ketones (excluding diaryl/α,β-unsaturated/α-hetero) is 1. The first-order valence-electron chi connectivity index (χ1n) is 16.6. The fourth-order valence-corrected chi connectivity index (χ4v) is 7.05. The zero-order valence-corrected chi connectivity index (χ0v) is 28.3. The van der Waals surface area contributed by atoms with Crippen molar-refractivity contribution in [1.82, 2.24) is 25.6 Å². The van der Waals surface area contributed by atoms with E-state index in [1.807, 2.05) is 43.0 Å². The number of nitrogens with zero attached hydrogens (tertiary/aromatic N) is 2. The van der Waals surface area contributed by atoms with Crippen molar-refractivity contribution >= 4 is 51.3 Å². The van der Waals surface area contributed by atoms with Gasteiger partial charge in [0.1, 0.15) is 19.2 Å². The molecule has 3 heterocycles. The fourth-order valence-electron chi connectivity index (χ4n) is 6.42. The van der Waals surface area contributed by atoms with Crippen LogP contribution in [0.15, 0.2) is 30.5 Å². The van der Waals surface area contributed by atoms with Gasteiger partial charge in [-0.25, -0.2) is 0 Å². The SMILES string of the molecule is CC[C@H](C)[C@@H]1NC(=O)[C@H](Cc2cn(OC)c3ccccc23)NC(=O)[C@H](CCCCCSC(C)=O)NC(=O)[C@H]2CCCCN2CC1=O. The van der Waals surface area contributed by atoms with Crippen molar-refractivity contribution in [2.24, 2.45) is 5.92 Å². The fraction of sp³-hybridized carbons (Fsp3) is 0.618. The van der Waals surface area contributed by atoms with Crippen LogP contribution in [0, 0.1) is 5.92 Å². The van der Waals surface area contributed by atoms with Crippen molar-refractivity contribution in [3.05, 3.63) is 36.0 Å². The first-order valence-corrected chi connectivity index (χ1v) is 17.6. The first-order chi connectivity index (χ1) is 22.1. The quantitative estimate of drug-likeness (QED) is 0.314. The molecule has 4 rings (SSSR count). The Labute approximate surface area is 275 Å². The van der Waals surface area contributed by atoms with Gasteiger partial charge in [-0.2, -0.15) is 4.73 Å². The number of fused-ring (bicyclic) bond motifs is 2. The number of thioether (sulfide) groups is 1. The Morgan fingerprint density at radius 3 is 2.48 bits per heavy atom. The number of piperidine rings is 1. The lowest BCUT2D eigenvalue weighted by Gasteiger charge is -2.36. The van der Waals surface area contributed by atoms with Crippen LogP contribution in [0.4, 0.5) is 0 Å². The third-order valence-electron chi connectivity index (χ3n) is 9.22. The third kappa shape index (κ3) is 9.12. The molecule has 12 heteroatoms. The van der Waals surface area contributed by atoms with Crippen LogP contribution in [0.5, 0.6) is 0 Å². The van der Waals surface area contributed by atoms with Crippen molar-refractivity contribution in [3.8, 4) is 0 Å². The lowest BCUT2D eigenvalue weighted by Crippen LogP contribution is -2.57. The molecular formula is C34H49N5O6S. The van der Waals surface area contributed by atoms with Crippen molar-refractivity contribution in [3.63, 3.8) is 0 Å². The number of unbranched alkanes of at least 4 members (excludes halogenated alkanes) is 2. The minimum Gasteiger partial charge on any atom is -0.417 e. The highest BCUT2D eigenvalue weighted by atomic mass is 32.2. The van der Waals surface area contributed by atoms with Crippen LogP contribution < -0.4 is 20.8 Å². The monoisotopic (exact) mass is 655 g/mol. The predicted molar refractivity (Wildman–Crippen MR) is 179 cm³/mol. The second-order valence-corrected chi connectivity index (χ2v) is 13.8. The van der Waals surface area contributed by atoms with Crippen LogP contribution in [-0.2, 0) is 30.4 Å². The highest BCUT2D eigenvalue weighted by Gasteiger charge is 2.37. The van der Waals surface area contributed by atoms with E-state index in [2.05, 4.69) is 16.0 Å². The van der Waals surface area contributed by atoms with Crippen molar-refractivity contribution in [1.29, 1.82) is 0 Å². The maximum absolute atomic E-state index is 14.0. The second kappa shape index (κ2) is 17.0. The second-order valence-electron chi connectivity index (χ2n) is 12.5. The van der Waals surface area contributed by atoms with Gasteiger partial charge in [-0.15, -0.1) is 0 Å². The molecule has 5 atom stereocenters. The van der Waals surface area contributed by atoms with Gasteiger partial charge < -0.3 is 20.8 Å². The van der Waals surface area contributed by atoms with E-state index in [1.165, 1.54) is 11.8 Å². The minimum absolute atomic E-state index is 0.0548. The number of amides is 3. The Balaban J connectivity index is 1.66. The summed E-state index contributed by atoms with van der Waals surface area (Å²) in [6.45, 7) is 6.11. The van der Waals surface area contributed by atoms with E-state index in [4.69, 9.17) is 4.84 Å². The predicted octanol–water partition coefficient (Wildman–Crippen LogP) is 3.02. The number of hydrogen-bond acceptors (Lipinski definition) is 8. The Morgan fingerprint density at radius 2 is 1.74 bits per heavy atom. The Bertz CT molecular complexity index is 1400. The number of carbonyl (C=O) groups is 5. The summed E-state index contributed by atoms with van der Waals surface area (Å²) in [6.07, 6.45) is 7.63. The smallest absolute Gasteiger partial charge is 0.243 e. The van der Waals surface area contributed by atoms with Gasteiger partial charge in [0.15, 0.2) is 10.9 Å². The van der Waals surface area contributed by atoms with Crippen LogP contribution in [0.25, 0.3) is 10.9 Å². The maximum atomic E-state index is 14.0. The van der Waals surface area contributed by atoms with Crippen molar-refractivity contribution in [2.45, 2.75) is 103 Å². The van der Waals surface area contributed by atoms with E-state index < -0.39 is 36.0 Å². The molecule has 1 aromatic heterocycles. The molecule has 0 bridgehead atoms. The highest BCUT2D eigenvalue weighted by molar-refractivity contribution is 8.13. The average Bonchev–Trinajstić information content (AvgIpc) is 3.40. The number of nitrogens with one attached hydrogen (secondary N) is 3. The molecule has 0 saturated carbocycles. The van der Waals surface area contributed by atoms with Gasteiger partial charge in [0, 0.05) is 30.7 Å². The molecule has 252 valence electrons.